The molecule has 4 heteroatoms. The first-order chi connectivity index (χ1) is 9.81. The Labute approximate surface area is 120 Å². The van der Waals surface area contributed by atoms with Crippen molar-refractivity contribution in [3.05, 3.63) is 35.9 Å². The van der Waals surface area contributed by atoms with Crippen LogP contribution in [-0.2, 0) is 4.79 Å². The van der Waals surface area contributed by atoms with Crippen LogP contribution in [0.2, 0.25) is 0 Å². The molecule has 0 radical (unpaired) electrons. The average molecular weight is 273 g/mol. The molecule has 1 aromatic rings. The molecule has 3 rings (SSSR count). The summed E-state index contributed by atoms with van der Waals surface area (Å²) in [5, 5.41) is 9.68. The van der Waals surface area contributed by atoms with Gasteiger partial charge in [-0.1, -0.05) is 30.3 Å². The summed E-state index contributed by atoms with van der Waals surface area (Å²) in [4.78, 5) is 11.8. The van der Waals surface area contributed by atoms with E-state index in [2.05, 4.69) is 46.3 Å². The molecule has 0 spiro atoms. The van der Waals surface area contributed by atoms with E-state index in [1.165, 1.54) is 5.56 Å². The summed E-state index contributed by atoms with van der Waals surface area (Å²) >= 11 is 0. The first-order valence-corrected chi connectivity index (χ1v) is 7.59. The summed E-state index contributed by atoms with van der Waals surface area (Å²) in [5.41, 5.74) is 1.42. The molecule has 2 aliphatic rings. The minimum absolute atomic E-state index is 0.127. The molecule has 0 bridgehead atoms. The van der Waals surface area contributed by atoms with Crippen LogP contribution in [0.4, 0.5) is 0 Å². The van der Waals surface area contributed by atoms with Gasteiger partial charge in [0.25, 0.3) is 0 Å². The van der Waals surface area contributed by atoms with Crippen molar-refractivity contribution < 1.29 is 4.79 Å². The summed E-state index contributed by atoms with van der Waals surface area (Å²) in [6, 6.07) is 11.5. The molecular formula is C16H23N3O. The lowest BCUT2D eigenvalue weighted by molar-refractivity contribution is -0.121. The third-order valence-corrected chi connectivity index (χ3v) is 4.39. The van der Waals surface area contributed by atoms with Gasteiger partial charge >= 0.3 is 0 Å². The van der Waals surface area contributed by atoms with Crippen LogP contribution in [0.5, 0.6) is 0 Å². The van der Waals surface area contributed by atoms with Crippen LogP contribution in [0.3, 0.4) is 0 Å². The molecule has 1 aliphatic carbocycles. The smallest absolute Gasteiger partial charge is 0.234 e. The quantitative estimate of drug-likeness (QED) is 0.750. The Hall–Kier alpha value is -1.39. The van der Waals surface area contributed by atoms with Crippen molar-refractivity contribution in [3.63, 3.8) is 0 Å². The zero-order valence-electron chi connectivity index (χ0n) is 11.8. The fraction of sp³-hybridized carbons (Fsp3) is 0.562. The highest BCUT2D eigenvalue weighted by atomic mass is 16.2. The lowest BCUT2D eigenvalue weighted by Gasteiger charge is -2.36. The first kappa shape index (κ1) is 13.6. The molecule has 1 atom stereocenters. The average Bonchev–Trinajstić information content (AvgIpc) is 2.91. The third-order valence-electron chi connectivity index (χ3n) is 4.39. The molecule has 3 N–H and O–H groups in total. The summed E-state index contributed by atoms with van der Waals surface area (Å²) in [5.74, 6) is 0.789. The van der Waals surface area contributed by atoms with Gasteiger partial charge in [0, 0.05) is 18.6 Å². The summed E-state index contributed by atoms with van der Waals surface area (Å²) in [6.07, 6.45) is 3.33. The van der Waals surface area contributed by atoms with E-state index in [0.29, 0.717) is 24.5 Å². The maximum Gasteiger partial charge on any atom is 0.234 e. The number of benzene rings is 1. The maximum atomic E-state index is 11.8. The van der Waals surface area contributed by atoms with Crippen LogP contribution in [0.15, 0.2) is 30.3 Å². The van der Waals surface area contributed by atoms with Gasteiger partial charge in [0.05, 0.1) is 6.54 Å². The second kappa shape index (κ2) is 6.37. The molecule has 1 heterocycles. The van der Waals surface area contributed by atoms with Crippen LogP contribution in [-0.4, -0.2) is 37.6 Å². The monoisotopic (exact) mass is 273 g/mol. The topological polar surface area (TPSA) is 53.2 Å². The third kappa shape index (κ3) is 3.38. The molecule has 1 aliphatic heterocycles. The van der Waals surface area contributed by atoms with Crippen molar-refractivity contribution in [2.75, 3.05) is 19.6 Å². The van der Waals surface area contributed by atoms with Crippen LogP contribution in [0, 0.1) is 0 Å². The highest BCUT2D eigenvalue weighted by molar-refractivity contribution is 5.78. The maximum absolute atomic E-state index is 11.8. The molecule has 1 aromatic carbocycles. The molecule has 0 aromatic heterocycles. The Morgan fingerprint density at radius 1 is 1.20 bits per heavy atom. The van der Waals surface area contributed by atoms with Gasteiger partial charge < -0.3 is 16.0 Å². The largest absolute Gasteiger partial charge is 0.351 e. The number of carbonyl (C=O) groups is 1. The molecule has 4 nitrogen and oxygen atoms in total. The van der Waals surface area contributed by atoms with Crippen molar-refractivity contribution in [2.24, 2.45) is 0 Å². The Bertz CT molecular complexity index is 436. The Morgan fingerprint density at radius 2 is 2.00 bits per heavy atom. The SMILES string of the molecule is O=C(CNC1CC(c2ccccc2)C1)NC1CCNC1. The minimum Gasteiger partial charge on any atom is -0.351 e. The standard InChI is InChI=1S/C16H23N3O/c20-16(19-14-6-7-17-10-14)11-18-15-8-13(9-15)12-4-2-1-3-5-12/h1-5,13-15,17-18H,6-11H2,(H,19,20). The zero-order chi connectivity index (χ0) is 13.8. The van der Waals surface area contributed by atoms with Gasteiger partial charge in [-0.25, -0.2) is 0 Å². The van der Waals surface area contributed by atoms with Gasteiger partial charge in [-0.2, -0.15) is 0 Å². The Balaban J connectivity index is 1.34. The van der Waals surface area contributed by atoms with Crippen LogP contribution >= 0.6 is 0 Å². The Morgan fingerprint density at radius 3 is 2.70 bits per heavy atom. The molecule has 1 saturated heterocycles. The van der Waals surface area contributed by atoms with Gasteiger partial charge in [-0.3, -0.25) is 4.79 Å². The van der Waals surface area contributed by atoms with Gasteiger partial charge in [-0.15, -0.1) is 0 Å². The predicted octanol–water partition coefficient (Wildman–Crippen LogP) is 1.00. The number of amides is 1. The number of rotatable bonds is 5. The lowest BCUT2D eigenvalue weighted by atomic mass is 9.76. The molecule has 1 saturated carbocycles. The first-order valence-electron chi connectivity index (χ1n) is 7.59. The van der Waals surface area contributed by atoms with Crippen LogP contribution in [0.25, 0.3) is 0 Å². The van der Waals surface area contributed by atoms with Gasteiger partial charge in [0.2, 0.25) is 5.91 Å². The van der Waals surface area contributed by atoms with E-state index in [0.717, 1.165) is 32.4 Å². The van der Waals surface area contributed by atoms with Crippen molar-refractivity contribution in [3.8, 4) is 0 Å². The van der Waals surface area contributed by atoms with Crippen LogP contribution in [0.1, 0.15) is 30.7 Å². The summed E-state index contributed by atoms with van der Waals surface area (Å²) < 4.78 is 0. The second-order valence-corrected chi connectivity index (χ2v) is 5.91. The van der Waals surface area contributed by atoms with Gasteiger partial charge in [0.15, 0.2) is 0 Å². The van der Waals surface area contributed by atoms with Crippen molar-refractivity contribution in [1.29, 1.82) is 0 Å². The van der Waals surface area contributed by atoms with E-state index in [9.17, 15) is 4.79 Å². The van der Waals surface area contributed by atoms with Gasteiger partial charge in [0.1, 0.15) is 0 Å². The molecular weight excluding hydrogens is 250 g/mol. The predicted molar refractivity (Wildman–Crippen MR) is 79.6 cm³/mol. The summed E-state index contributed by atoms with van der Waals surface area (Å²) in [6.45, 7) is 2.37. The fourth-order valence-electron chi connectivity index (χ4n) is 3.08. The number of hydrogen-bond donors (Lipinski definition) is 3. The van der Waals surface area contributed by atoms with E-state index in [4.69, 9.17) is 0 Å². The van der Waals surface area contributed by atoms with E-state index in [1.54, 1.807) is 0 Å². The highest BCUT2D eigenvalue weighted by Gasteiger charge is 2.30. The van der Waals surface area contributed by atoms with E-state index < -0.39 is 0 Å². The van der Waals surface area contributed by atoms with E-state index in [-0.39, 0.29) is 5.91 Å². The molecule has 108 valence electrons. The van der Waals surface area contributed by atoms with Gasteiger partial charge in [-0.05, 0) is 37.3 Å². The minimum atomic E-state index is 0.127. The highest BCUT2D eigenvalue weighted by Crippen LogP contribution is 2.36. The molecule has 1 unspecified atom stereocenters. The molecule has 2 fully saturated rings. The second-order valence-electron chi connectivity index (χ2n) is 5.91. The van der Waals surface area contributed by atoms with Crippen molar-refractivity contribution in [2.45, 2.75) is 37.3 Å². The summed E-state index contributed by atoms with van der Waals surface area (Å²) in [7, 11) is 0. The van der Waals surface area contributed by atoms with Crippen molar-refractivity contribution in [1.82, 2.24) is 16.0 Å². The normalized spacial score (nSPS) is 28.9. The molecule has 1 amide bonds. The van der Waals surface area contributed by atoms with Crippen LogP contribution < -0.4 is 16.0 Å². The van der Waals surface area contributed by atoms with E-state index in [1.807, 2.05) is 0 Å². The Kier molecular flexibility index (Phi) is 4.33. The zero-order valence-corrected chi connectivity index (χ0v) is 11.8. The molecule has 20 heavy (non-hydrogen) atoms. The van der Waals surface area contributed by atoms with E-state index >= 15 is 0 Å². The number of nitrogens with one attached hydrogen (secondary N) is 3. The van der Waals surface area contributed by atoms with Crippen molar-refractivity contribution >= 4 is 5.91 Å². The number of carbonyl (C=O) groups excluding carboxylic acids is 1. The lowest BCUT2D eigenvalue weighted by Crippen LogP contribution is -2.47. The number of hydrogen-bond acceptors (Lipinski definition) is 3. The fourth-order valence-corrected chi connectivity index (χ4v) is 3.08.